The Morgan fingerprint density at radius 3 is 2.17 bits per heavy atom. The van der Waals surface area contributed by atoms with Crippen LogP contribution in [0, 0.1) is 23.4 Å². The van der Waals surface area contributed by atoms with Crippen LogP contribution in [0.1, 0.15) is 24.2 Å². The molecule has 1 N–H and O–H groups in total. The van der Waals surface area contributed by atoms with Crippen molar-refractivity contribution in [3.05, 3.63) is 35.1 Å². The van der Waals surface area contributed by atoms with E-state index >= 15 is 0 Å². The van der Waals surface area contributed by atoms with Crippen LogP contribution in [-0.4, -0.2) is 17.3 Å². The lowest BCUT2D eigenvalue weighted by Crippen LogP contribution is -2.40. The maximum Gasteiger partial charge on any atom is 0.257 e. The van der Waals surface area contributed by atoms with E-state index in [4.69, 9.17) is 0 Å². The van der Waals surface area contributed by atoms with Crippen molar-refractivity contribution >= 4 is 21.8 Å². The summed E-state index contributed by atoms with van der Waals surface area (Å²) in [5.74, 6) is -4.25. The van der Waals surface area contributed by atoms with Gasteiger partial charge in [0.15, 0.2) is 0 Å². The third kappa shape index (κ3) is 3.48. The Bertz CT molecular complexity index is 428. The largest absolute Gasteiger partial charge is 0.348 e. The Hall–Kier alpha value is -1.04. The molecular formula is C12H13BrF3NO. The molecule has 0 saturated heterocycles. The number of carbonyl (C=O) groups excluding carboxylic acids is 1. The number of alkyl halides is 1. The van der Waals surface area contributed by atoms with Gasteiger partial charge in [-0.15, -0.1) is 0 Å². The number of hydrogen-bond acceptors (Lipinski definition) is 1. The lowest BCUT2D eigenvalue weighted by molar-refractivity contribution is 0.0923. The number of halogens is 4. The van der Waals surface area contributed by atoms with E-state index in [-0.39, 0.29) is 12.0 Å². The van der Waals surface area contributed by atoms with Gasteiger partial charge in [0.1, 0.15) is 23.0 Å². The number of carbonyl (C=O) groups is 1. The summed E-state index contributed by atoms with van der Waals surface area (Å²) in [6.07, 6.45) is 0. The lowest BCUT2D eigenvalue weighted by atomic mass is 10.1. The summed E-state index contributed by atoms with van der Waals surface area (Å²) < 4.78 is 39.4. The second-order valence-electron chi connectivity index (χ2n) is 4.22. The van der Waals surface area contributed by atoms with Crippen LogP contribution in [0.15, 0.2) is 12.1 Å². The summed E-state index contributed by atoms with van der Waals surface area (Å²) in [7, 11) is 0. The van der Waals surface area contributed by atoms with Gasteiger partial charge in [0, 0.05) is 23.5 Å². The number of benzene rings is 1. The van der Waals surface area contributed by atoms with Gasteiger partial charge in [-0.05, 0) is 5.92 Å². The zero-order valence-corrected chi connectivity index (χ0v) is 11.5. The summed E-state index contributed by atoms with van der Waals surface area (Å²) in [5.41, 5.74) is -0.761. The molecule has 0 bridgehead atoms. The van der Waals surface area contributed by atoms with Crippen LogP contribution in [0.5, 0.6) is 0 Å². The van der Waals surface area contributed by atoms with Gasteiger partial charge in [-0.2, -0.15) is 0 Å². The molecule has 0 aromatic heterocycles. The molecule has 1 amide bonds. The molecule has 1 rings (SSSR count). The maximum absolute atomic E-state index is 13.4. The Kier molecular flexibility index (Phi) is 5.19. The standard InChI is InChI=1S/C12H13BrF3NO/c1-6(2)10(5-13)17-12(18)11-8(15)3-7(14)4-9(11)16/h3-4,6,10H,5H2,1-2H3,(H,17,18). The second-order valence-corrected chi connectivity index (χ2v) is 4.87. The first kappa shape index (κ1) is 15.0. The fraction of sp³-hybridized carbons (Fsp3) is 0.417. The summed E-state index contributed by atoms with van der Waals surface area (Å²) in [5, 5.41) is 2.95. The van der Waals surface area contributed by atoms with Gasteiger partial charge in [-0.3, -0.25) is 4.79 Å². The van der Waals surface area contributed by atoms with Crippen LogP contribution >= 0.6 is 15.9 Å². The topological polar surface area (TPSA) is 29.1 Å². The molecule has 6 heteroatoms. The molecular weight excluding hydrogens is 311 g/mol. The van der Waals surface area contributed by atoms with Gasteiger partial charge in [-0.1, -0.05) is 29.8 Å². The Morgan fingerprint density at radius 1 is 1.28 bits per heavy atom. The van der Waals surface area contributed by atoms with Crippen LogP contribution < -0.4 is 5.32 Å². The molecule has 1 atom stereocenters. The van der Waals surface area contributed by atoms with Crippen LogP contribution in [0.3, 0.4) is 0 Å². The number of hydrogen-bond donors (Lipinski definition) is 1. The summed E-state index contributed by atoms with van der Waals surface area (Å²) in [6, 6.07) is 0.703. The Balaban J connectivity index is 2.98. The minimum atomic E-state index is -1.21. The zero-order valence-electron chi connectivity index (χ0n) is 9.94. The Labute approximate surface area is 112 Å². The van der Waals surface area contributed by atoms with E-state index in [2.05, 4.69) is 21.2 Å². The van der Waals surface area contributed by atoms with Crippen molar-refractivity contribution in [3.63, 3.8) is 0 Å². The first-order valence-corrected chi connectivity index (χ1v) is 6.50. The van der Waals surface area contributed by atoms with Crippen molar-refractivity contribution in [1.82, 2.24) is 5.32 Å². The molecule has 0 spiro atoms. The van der Waals surface area contributed by atoms with E-state index in [9.17, 15) is 18.0 Å². The van der Waals surface area contributed by atoms with Crippen molar-refractivity contribution in [2.24, 2.45) is 5.92 Å². The van der Waals surface area contributed by atoms with E-state index < -0.39 is 28.9 Å². The van der Waals surface area contributed by atoms with Gasteiger partial charge in [0.2, 0.25) is 0 Å². The van der Waals surface area contributed by atoms with Crippen LogP contribution in [0.25, 0.3) is 0 Å². The third-order valence-electron chi connectivity index (χ3n) is 2.52. The lowest BCUT2D eigenvalue weighted by Gasteiger charge is -2.20. The molecule has 0 aliphatic carbocycles. The minimum absolute atomic E-state index is 0.0971. The van der Waals surface area contributed by atoms with Gasteiger partial charge < -0.3 is 5.32 Å². The maximum atomic E-state index is 13.4. The highest BCUT2D eigenvalue weighted by molar-refractivity contribution is 9.09. The molecule has 1 unspecified atom stereocenters. The predicted molar refractivity (Wildman–Crippen MR) is 66.2 cm³/mol. The summed E-state index contributed by atoms with van der Waals surface area (Å²) >= 11 is 3.20. The average molecular weight is 324 g/mol. The monoisotopic (exact) mass is 323 g/mol. The molecule has 0 radical (unpaired) electrons. The third-order valence-corrected chi connectivity index (χ3v) is 3.22. The normalized spacial score (nSPS) is 12.6. The van der Waals surface area contributed by atoms with Crippen molar-refractivity contribution in [2.75, 3.05) is 5.33 Å². The van der Waals surface area contributed by atoms with E-state index in [1.54, 1.807) is 0 Å². The quantitative estimate of drug-likeness (QED) is 0.847. The second kappa shape index (κ2) is 6.22. The highest BCUT2D eigenvalue weighted by atomic mass is 79.9. The highest BCUT2D eigenvalue weighted by Gasteiger charge is 2.22. The molecule has 1 aromatic carbocycles. The Morgan fingerprint density at radius 2 is 1.78 bits per heavy atom. The van der Waals surface area contributed by atoms with Gasteiger partial charge in [0.25, 0.3) is 5.91 Å². The van der Waals surface area contributed by atoms with Crippen molar-refractivity contribution in [1.29, 1.82) is 0 Å². The summed E-state index contributed by atoms with van der Waals surface area (Å²) in [6.45, 7) is 3.73. The van der Waals surface area contributed by atoms with E-state index in [1.165, 1.54) is 0 Å². The molecule has 0 saturated carbocycles. The predicted octanol–water partition coefficient (Wildman–Crippen LogP) is 3.25. The van der Waals surface area contributed by atoms with Gasteiger partial charge >= 0.3 is 0 Å². The summed E-state index contributed by atoms with van der Waals surface area (Å²) in [4.78, 5) is 11.7. The number of rotatable bonds is 4. The van der Waals surface area contributed by atoms with E-state index in [0.717, 1.165) is 0 Å². The van der Waals surface area contributed by atoms with Gasteiger partial charge in [-0.25, -0.2) is 13.2 Å². The van der Waals surface area contributed by atoms with Crippen LogP contribution in [-0.2, 0) is 0 Å². The molecule has 2 nitrogen and oxygen atoms in total. The molecule has 0 heterocycles. The van der Waals surface area contributed by atoms with Crippen molar-refractivity contribution < 1.29 is 18.0 Å². The fourth-order valence-corrected chi connectivity index (χ4v) is 2.29. The molecule has 100 valence electrons. The van der Waals surface area contributed by atoms with Crippen molar-refractivity contribution in [2.45, 2.75) is 19.9 Å². The molecule has 0 fully saturated rings. The van der Waals surface area contributed by atoms with Crippen LogP contribution in [0.2, 0.25) is 0 Å². The SMILES string of the molecule is CC(C)C(CBr)NC(=O)c1c(F)cc(F)cc1F. The molecule has 0 aliphatic heterocycles. The number of nitrogens with one attached hydrogen (secondary N) is 1. The zero-order chi connectivity index (χ0) is 13.9. The highest BCUT2D eigenvalue weighted by Crippen LogP contribution is 2.15. The fourth-order valence-electron chi connectivity index (χ4n) is 1.38. The van der Waals surface area contributed by atoms with Crippen LogP contribution in [0.4, 0.5) is 13.2 Å². The number of amides is 1. The first-order valence-electron chi connectivity index (χ1n) is 5.38. The smallest absolute Gasteiger partial charge is 0.257 e. The molecule has 18 heavy (non-hydrogen) atoms. The average Bonchev–Trinajstić information content (AvgIpc) is 2.23. The molecule has 1 aromatic rings. The minimum Gasteiger partial charge on any atom is -0.348 e. The van der Waals surface area contributed by atoms with E-state index in [1.807, 2.05) is 13.8 Å². The molecule has 0 aliphatic rings. The van der Waals surface area contributed by atoms with Crippen molar-refractivity contribution in [3.8, 4) is 0 Å². The first-order chi connectivity index (χ1) is 8.36. The van der Waals surface area contributed by atoms with Gasteiger partial charge in [0.05, 0.1) is 0 Å². The van der Waals surface area contributed by atoms with E-state index in [0.29, 0.717) is 17.5 Å².